The maximum atomic E-state index is 5.71. The molecule has 1 aromatic rings. The van der Waals surface area contributed by atoms with Crippen molar-refractivity contribution in [1.29, 1.82) is 0 Å². The second-order valence-corrected chi connectivity index (χ2v) is 2.35. The molecular weight excluding hydrogens is 195 g/mol. The van der Waals surface area contributed by atoms with Gasteiger partial charge in [-0.1, -0.05) is 18.2 Å². The summed E-state index contributed by atoms with van der Waals surface area (Å²) in [5, 5.41) is 0. The van der Waals surface area contributed by atoms with Gasteiger partial charge in [0.1, 0.15) is 0 Å². The molecule has 0 saturated carbocycles. The molecule has 0 saturated heterocycles. The number of nitrogen functional groups attached to an aromatic ring is 1. The van der Waals surface area contributed by atoms with Crippen molar-refractivity contribution in [2.24, 2.45) is 5.73 Å². The molecular formula is C8H14Cl2N2. The number of nitrogens with two attached hydrogens (primary N) is 2. The largest absolute Gasteiger partial charge is 0.398 e. The van der Waals surface area contributed by atoms with Gasteiger partial charge in [0.15, 0.2) is 0 Å². The number of hydrogen-bond donors (Lipinski definition) is 2. The van der Waals surface area contributed by atoms with Gasteiger partial charge in [0.2, 0.25) is 0 Å². The van der Waals surface area contributed by atoms with Crippen LogP contribution in [0, 0.1) is 6.92 Å². The predicted molar refractivity (Wildman–Crippen MR) is 58.0 cm³/mol. The van der Waals surface area contributed by atoms with Gasteiger partial charge in [-0.2, -0.15) is 0 Å². The van der Waals surface area contributed by atoms with Crippen LogP contribution in [-0.4, -0.2) is 0 Å². The van der Waals surface area contributed by atoms with Gasteiger partial charge < -0.3 is 11.5 Å². The van der Waals surface area contributed by atoms with Crippen molar-refractivity contribution >= 4 is 30.5 Å². The summed E-state index contributed by atoms with van der Waals surface area (Å²) < 4.78 is 0. The number of para-hydroxylation sites is 1. The summed E-state index contributed by atoms with van der Waals surface area (Å²) in [6.07, 6.45) is 0. The Bertz CT molecular complexity index is 238. The summed E-state index contributed by atoms with van der Waals surface area (Å²) >= 11 is 0. The Morgan fingerprint density at radius 3 is 2.25 bits per heavy atom. The minimum Gasteiger partial charge on any atom is -0.398 e. The molecule has 1 rings (SSSR count). The lowest BCUT2D eigenvalue weighted by Crippen LogP contribution is -2.02. The minimum atomic E-state index is 0. The minimum absolute atomic E-state index is 0. The molecule has 12 heavy (non-hydrogen) atoms. The van der Waals surface area contributed by atoms with Crippen LogP contribution in [-0.2, 0) is 6.54 Å². The molecule has 0 aliphatic heterocycles. The van der Waals surface area contributed by atoms with Crippen LogP contribution < -0.4 is 11.5 Å². The molecule has 0 unspecified atom stereocenters. The van der Waals surface area contributed by atoms with E-state index in [2.05, 4.69) is 0 Å². The summed E-state index contributed by atoms with van der Waals surface area (Å²) in [6, 6.07) is 5.89. The third-order valence-corrected chi connectivity index (χ3v) is 1.63. The monoisotopic (exact) mass is 208 g/mol. The first kappa shape index (κ1) is 14.1. The molecule has 0 heterocycles. The van der Waals surface area contributed by atoms with E-state index in [1.165, 1.54) is 0 Å². The third-order valence-electron chi connectivity index (χ3n) is 1.63. The molecule has 4 heteroatoms. The zero-order valence-corrected chi connectivity index (χ0v) is 8.54. The van der Waals surface area contributed by atoms with Gasteiger partial charge in [0.05, 0.1) is 0 Å². The van der Waals surface area contributed by atoms with Crippen LogP contribution >= 0.6 is 24.8 Å². The average molecular weight is 209 g/mol. The van der Waals surface area contributed by atoms with Crippen LogP contribution in [0.1, 0.15) is 11.1 Å². The zero-order valence-electron chi connectivity index (χ0n) is 6.91. The molecule has 70 valence electrons. The lowest BCUT2D eigenvalue weighted by Gasteiger charge is -2.04. The van der Waals surface area contributed by atoms with Crippen molar-refractivity contribution in [2.45, 2.75) is 13.5 Å². The second-order valence-electron chi connectivity index (χ2n) is 2.35. The second kappa shape index (κ2) is 6.12. The fourth-order valence-corrected chi connectivity index (χ4v) is 0.919. The molecule has 2 nitrogen and oxygen atoms in total. The van der Waals surface area contributed by atoms with Gasteiger partial charge in [0, 0.05) is 12.2 Å². The van der Waals surface area contributed by atoms with E-state index in [0.29, 0.717) is 6.54 Å². The van der Waals surface area contributed by atoms with Gasteiger partial charge in [-0.25, -0.2) is 0 Å². The van der Waals surface area contributed by atoms with E-state index in [1.54, 1.807) is 0 Å². The molecule has 0 spiro atoms. The van der Waals surface area contributed by atoms with E-state index in [4.69, 9.17) is 11.5 Å². The maximum Gasteiger partial charge on any atom is 0.0389 e. The molecule has 0 radical (unpaired) electrons. The Labute approximate surface area is 85.1 Å². The Balaban J connectivity index is 0. The quantitative estimate of drug-likeness (QED) is 0.694. The number of aryl methyl sites for hydroxylation is 1. The van der Waals surface area contributed by atoms with E-state index in [0.717, 1.165) is 16.8 Å². The smallest absolute Gasteiger partial charge is 0.0389 e. The molecule has 0 fully saturated rings. The standard InChI is InChI=1S/C8H12N2.2ClH/c1-6-3-2-4-7(5-9)8(6)10;;/h2-4H,5,9-10H2,1H3;2*1H. The highest BCUT2D eigenvalue weighted by atomic mass is 35.5. The van der Waals surface area contributed by atoms with Crippen molar-refractivity contribution in [3.63, 3.8) is 0 Å². The number of anilines is 1. The van der Waals surface area contributed by atoms with Crippen LogP contribution in [0.25, 0.3) is 0 Å². The normalized spacial score (nSPS) is 8.17. The van der Waals surface area contributed by atoms with E-state index in [-0.39, 0.29) is 24.8 Å². The van der Waals surface area contributed by atoms with Gasteiger partial charge in [-0.15, -0.1) is 24.8 Å². The van der Waals surface area contributed by atoms with Crippen molar-refractivity contribution in [1.82, 2.24) is 0 Å². The molecule has 4 N–H and O–H groups in total. The molecule has 0 atom stereocenters. The lowest BCUT2D eigenvalue weighted by molar-refractivity contribution is 1.07. The van der Waals surface area contributed by atoms with E-state index in [1.807, 2.05) is 25.1 Å². The number of hydrogen-bond acceptors (Lipinski definition) is 2. The molecule has 0 aliphatic carbocycles. The average Bonchev–Trinajstić information content (AvgIpc) is 1.95. The number of rotatable bonds is 1. The van der Waals surface area contributed by atoms with Crippen molar-refractivity contribution in [3.8, 4) is 0 Å². The molecule has 1 aromatic carbocycles. The highest BCUT2D eigenvalue weighted by molar-refractivity contribution is 5.85. The highest BCUT2D eigenvalue weighted by Gasteiger charge is 1.96. The first-order valence-electron chi connectivity index (χ1n) is 3.29. The Morgan fingerprint density at radius 1 is 1.25 bits per heavy atom. The summed E-state index contributed by atoms with van der Waals surface area (Å²) in [4.78, 5) is 0. The van der Waals surface area contributed by atoms with Gasteiger partial charge in [0.25, 0.3) is 0 Å². The highest BCUT2D eigenvalue weighted by Crippen LogP contribution is 2.14. The molecule has 0 amide bonds. The first-order chi connectivity index (χ1) is 4.75. The van der Waals surface area contributed by atoms with Crippen molar-refractivity contribution < 1.29 is 0 Å². The predicted octanol–water partition coefficient (Wildman–Crippen LogP) is 1.88. The first-order valence-corrected chi connectivity index (χ1v) is 3.29. The van der Waals surface area contributed by atoms with Crippen LogP contribution in [0.5, 0.6) is 0 Å². The maximum absolute atomic E-state index is 5.71. The summed E-state index contributed by atoms with van der Waals surface area (Å²) in [5.74, 6) is 0. The van der Waals surface area contributed by atoms with Crippen LogP contribution in [0.3, 0.4) is 0 Å². The summed E-state index contributed by atoms with van der Waals surface area (Å²) in [6.45, 7) is 2.50. The SMILES string of the molecule is Cc1cccc(CN)c1N.Cl.Cl. The lowest BCUT2D eigenvalue weighted by atomic mass is 10.1. The van der Waals surface area contributed by atoms with Gasteiger partial charge in [-0.05, 0) is 18.1 Å². The fraction of sp³-hybridized carbons (Fsp3) is 0.250. The Hall–Kier alpha value is -0.440. The fourth-order valence-electron chi connectivity index (χ4n) is 0.919. The van der Waals surface area contributed by atoms with Crippen LogP contribution in [0.2, 0.25) is 0 Å². The third kappa shape index (κ3) is 2.89. The Morgan fingerprint density at radius 2 is 1.83 bits per heavy atom. The number of halogens is 2. The van der Waals surface area contributed by atoms with Crippen molar-refractivity contribution in [2.75, 3.05) is 5.73 Å². The Kier molecular flexibility index (Phi) is 7.19. The van der Waals surface area contributed by atoms with Crippen molar-refractivity contribution in [3.05, 3.63) is 29.3 Å². The topological polar surface area (TPSA) is 52.0 Å². The van der Waals surface area contributed by atoms with E-state index >= 15 is 0 Å². The van der Waals surface area contributed by atoms with Crippen LogP contribution in [0.4, 0.5) is 5.69 Å². The van der Waals surface area contributed by atoms with Crippen LogP contribution in [0.15, 0.2) is 18.2 Å². The van der Waals surface area contributed by atoms with E-state index in [9.17, 15) is 0 Å². The van der Waals surface area contributed by atoms with Gasteiger partial charge >= 0.3 is 0 Å². The number of benzene rings is 1. The molecule has 0 aromatic heterocycles. The van der Waals surface area contributed by atoms with E-state index < -0.39 is 0 Å². The summed E-state index contributed by atoms with van der Waals surface area (Å²) in [7, 11) is 0. The zero-order chi connectivity index (χ0) is 7.56. The van der Waals surface area contributed by atoms with Gasteiger partial charge in [-0.3, -0.25) is 0 Å². The molecule has 0 bridgehead atoms. The molecule has 0 aliphatic rings. The summed E-state index contributed by atoms with van der Waals surface area (Å²) in [5.41, 5.74) is 14.1.